The Morgan fingerprint density at radius 2 is 2.11 bits per heavy atom. The Bertz CT molecular complexity index is 450. The van der Waals surface area contributed by atoms with Crippen molar-refractivity contribution in [1.29, 1.82) is 0 Å². The van der Waals surface area contributed by atoms with Gasteiger partial charge in [-0.2, -0.15) is 0 Å². The first-order valence-electron chi connectivity index (χ1n) is 6.21. The molecule has 0 aliphatic carbocycles. The predicted molar refractivity (Wildman–Crippen MR) is 75.4 cm³/mol. The molecule has 0 bridgehead atoms. The summed E-state index contributed by atoms with van der Waals surface area (Å²) in [5.41, 5.74) is 1.52. The second-order valence-electron chi connectivity index (χ2n) is 5.20. The molecule has 1 amide bonds. The lowest BCUT2D eigenvalue weighted by molar-refractivity contribution is 0.0523. The first-order chi connectivity index (χ1) is 8.90. The molecule has 0 fully saturated rings. The number of aromatic nitrogens is 1. The molecule has 1 aromatic heterocycles. The molecule has 0 aliphatic rings. The third-order valence-electron chi connectivity index (χ3n) is 2.20. The van der Waals surface area contributed by atoms with Crippen molar-refractivity contribution < 1.29 is 9.53 Å². The molecular formula is C14H21N3O2. The summed E-state index contributed by atoms with van der Waals surface area (Å²) in [6.45, 7) is 5.90. The Kier molecular flexibility index (Phi) is 5.48. The number of amides is 1. The van der Waals surface area contributed by atoms with Crippen molar-refractivity contribution >= 4 is 12.3 Å². The number of hydrogen-bond acceptors (Lipinski definition) is 4. The maximum atomic E-state index is 11.5. The summed E-state index contributed by atoms with van der Waals surface area (Å²) in [5, 5.41) is 2.70. The zero-order valence-corrected chi connectivity index (χ0v) is 11.9. The minimum atomic E-state index is -0.484. The van der Waals surface area contributed by atoms with Gasteiger partial charge in [-0.3, -0.25) is 4.98 Å². The molecule has 1 aromatic rings. The minimum Gasteiger partial charge on any atom is -0.444 e. The van der Waals surface area contributed by atoms with Crippen molar-refractivity contribution in [1.82, 2.24) is 10.3 Å². The Labute approximate surface area is 114 Å². The van der Waals surface area contributed by atoms with Crippen LogP contribution in [0.1, 0.15) is 31.9 Å². The predicted octanol–water partition coefficient (Wildman–Crippen LogP) is 2.35. The lowest BCUT2D eigenvalue weighted by Gasteiger charge is -2.19. The van der Waals surface area contributed by atoms with Crippen molar-refractivity contribution in [2.75, 3.05) is 7.05 Å². The third-order valence-corrected chi connectivity index (χ3v) is 2.20. The van der Waals surface area contributed by atoms with Crippen LogP contribution < -0.4 is 5.32 Å². The van der Waals surface area contributed by atoms with Crippen LogP contribution in [0, 0.1) is 0 Å². The fraction of sp³-hybridized carbons (Fsp3) is 0.500. The number of carbonyl (C=O) groups excluding carboxylic acids is 1. The molecule has 104 valence electrons. The van der Waals surface area contributed by atoms with Gasteiger partial charge in [-0.1, -0.05) is 6.07 Å². The van der Waals surface area contributed by atoms with Crippen LogP contribution in [-0.4, -0.2) is 29.9 Å². The van der Waals surface area contributed by atoms with Crippen LogP contribution in [0.2, 0.25) is 0 Å². The zero-order chi connectivity index (χ0) is 14.3. The number of ether oxygens (including phenoxy) is 1. The topological polar surface area (TPSA) is 63.6 Å². The van der Waals surface area contributed by atoms with Gasteiger partial charge in [0, 0.05) is 38.6 Å². The Balaban J connectivity index is 2.51. The molecular weight excluding hydrogens is 242 g/mol. The second-order valence-corrected chi connectivity index (χ2v) is 5.20. The molecule has 5 heteroatoms. The molecule has 1 N–H and O–H groups in total. The zero-order valence-electron chi connectivity index (χ0n) is 11.9. The summed E-state index contributed by atoms with van der Waals surface area (Å²) >= 11 is 0. The monoisotopic (exact) mass is 263 g/mol. The molecule has 5 nitrogen and oxygen atoms in total. The number of nitrogens with zero attached hydrogens (tertiary/aromatic N) is 2. The lowest BCUT2D eigenvalue weighted by atomic mass is 10.1. The van der Waals surface area contributed by atoms with E-state index in [4.69, 9.17) is 4.74 Å². The van der Waals surface area contributed by atoms with Gasteiger partial charge in [-0.25, -0.2) is 4.79 Å². The highest BCUT2D eigenvalue weighted by molar-refractivity contribution is 5.67. The van der Waals surface area contributed by atoms with Crippen LogP contribution in [0.3, 0.4) is 0 Å². The summed E-state index contributed by atoms with van der Waals surface area (Å²) in [4.78, 5) is 19.6. The Morgan fingerprint density at radius 3 is 2.74 bits per heavy atom. The van der Waals surface area contributed by atoms with Gasteiger partial charge < -0.3 is 15.0 Å². The van der Waals surface area contributed by atoms with Crippen LogP contribution in [-0.2, 0) is 17.7 Å². The maximum absolute atomic E-state index is 11.5. The highest BCUT2D eigenvalue weighted by Crippen LogP contribution is 2.07. The number of hydrogen-bond donors (Lipinski definition) is 1. The van der Waals surface area contributed by atoms with E-state index in [0.717, 1.165) is 17.5 Å². The van der Waals surface area contributed by atoms with Gasteiger partial charge in [-0.15, -0.1) is 0 Å². The quantitative estimate of drug-likeness (QED) is 0.848. The number of nitrogens with one attached hydrogen (secondary N) is 1. The highest BCUT2D eigenvalue weighted by atomic mass is 16.6. The van der Waals surface area contributed by atoms with Crippen LogP contribution >= 0.6 is 0 Å². The number of pyridine rings is 1. The van der Waals surface area contributed by atoms with Crippen molar-refractivity contribution in [3.63, 3.8) is 0 Å². The Morgan fingerprint density at radius 1 is 1.42 bits per heavy atom. The fourth-order valence-corrected chi connectivity index (χ4v) is 1.43. The molecule has 0 aromatic carbocycles. The number of carbonyl (C=O) groups is 1. The standard InChI is InChI=1S/C14H21N3O2/c1-14(2,3)19-13(18)17-10-12-7-11(5-6-15-4)8-16-9-12/h6-9H,5,10H2,1-4H3,(H,17,18). The van der Waals surface area contributed by atoms with Gasteiger partial charge in [0.05, 0.1) is 0 Å². The van der Waals surface area contributed by atoms with Gasteiger partial charge in [0.25, 0.3) is 0 Å². The maximum Gasteiger partial charge on any atom is 0.407 e. The summed E-state index contributed by atoms with van der Waals surface area (Å²) < 4.78 is 5.16. The number of aliphatic imine (C=N–C) groups is 1. The van der Waals surface area contributed by atoms with E-state index >= 15 is 0 Å². The van der Waals surface area contributed by atoms with E-state index in [1.807, 2.05) is 33.1 Å². The smallest absolute Gasteiger partial charge is 0.407 e. The number of rotatable bonds is 4. The largest absolute Gasteiger partial charge is 0.444 e. The molecule has 19 heavy (non-hydrogen) atoms. The summed E-state index contributed by atoms with van der Waals surface area (Å²) in [5.74, 6) is 0. The van der Waals surface area contributed by atoms with E-state index in [1.54, 1.807) is 19.4 Å². The third kappa shape index (κ3) is 6.55. The van der Waals surface area contributed by atoms with Crippen molar-refractivity contribution in [2.24, 2.45) is 4.99 Å². The molecule has 0 radical (unpaired) electrons. The molecule has 0 saturated heterocycles. The lowest BCUT2D eigenvalue weighted by Crippen LogP contribution is -2.32. The molecule has 0 spiro atoms. The van der Waals surface area contributed by atoms with E-state index in [2.05, 4.69) is 15.3 Å². The summed E-state index contributed by atoms with van der Waals surface area (Å²) in [6, 6.07) is 1.99. The summed E-state index contributed by atoms with van der Waals surface area (Å²) in [7, 11) is 1.74. The van der Waals surface area contributed by atoms with Gasteiger partial charge >= 0.3 is 6.09 Å². The van der Waals surface area contributed by atoms with Crippen molar-refractivity contribution in [3.8, 4) is 0 Å². The Hall–Kier alpha value is -1.91. The number of alkyl carbamates (subject to hydrolysis) is 1. The molecule has 1 heterocycles. The van der Waals surface area contributed by atoms with E-state index < -0.39 is 11.7 Å². The molecule has 0 aliphatic heterocycles. The first-order valence-corrected chi connectivity index (χ1v) is 6.21. The second kappa shape index (κ2) is 6.87. The van der Waals surface area contributed by atoms with E-state index in [-0.39, 0.29) is 0 Å². The average molecular weight is 263 g/mol. The highest BCUT2D eigenvalue weighted by Gasteiger charge is 2.15. The van der Waals surface area contributed by atoms with Crippen molar-refractivity contribution in [2.45, 2.75) is 39.3 Å². The van der Waals surface area contributed by atoms with E-state index in [1.165, 1.54) is 0 Å². The van der Waals surface area contributed by atoms with Gasteiger partial charge in [0.2, 0.25) is 0 Å². The SMILES string of the molecule is CN=CCc1cncc(CNC(=O)OC(C)(C)C)c1. The molecule has 0 unspecified atom stereocenters. The molecule has 0 saturated carbocycles. The normalized spacial score (nSPS) is 11.6. The minimum absolute atomic E-state index is 0.402. The fourth-order valence-electron chi connectivity index (χ4n) is 1.43. The van der Waals surface area contributed by atoms with Gasteiger partial charge in [-0.05, 0) is 31.9 Å². The summed E-state index contributed by atoms with van der Waals surface area (Å²) in [6.07, 6.45) is 5.65. The van der Waals surface area contributed by atoms with E-state index in [0.29, 0.717) is 6.54 Å². The van der Waals surface area contributed by atoms with Crippen LogP contribution in [0.25, 0.3) is 0 Å². The molecule has 0 atom stereocenters. The van der Waals surface area contributed by atoms with Crippen LogP contribution in [0.15, 0.2) is 23.5 Å². The first kappa shape index (κ1) is 15.1. The van der Waals surface area contributed by atoms with Crippen LogP contribution in [0.4, 0.5) is 4.79 Å². The van der Waals surface area contributed by atoms with E-state index in [9.17, 15) is 4.79 Å². The molecule has 1 rings (SSSR count). The van der Waals surface area contributed by atoms with Crippen LogP contribution in [0.5, 0.6) is 0 Å². The van der Waals surface area contributed by atoms with Gasteiger partial charge in [0.1, 0.15) is 5.60 Å². The van der Waals surface area contributed by atoms with Gasteiger partial charge in [0.15, 0.2) is 0 Å². The van der Waals surface area contributed by atoms with Crippen molar-refractivity contribution in [3.05, 3.63) is 29.6 Å². The average Bonchev–Trinajstić information content (AvgIpc) is 2.32.